The number of para-hydroxylation sites is 1. The van der Waals surface area contributed by atoms with E-state index in [4.69, 9.17) is 0 Å². The molecule has 0 aliphatic heterocycles. The molecular formula is C29H20BrCl2NSZr-2. The number of halogens is 3. The van der Waals surface area contributed by atoms with Crippen molar-refractivity contribution in [1.82, 2.24) is 4.57 Å². The number of benzene rings is 4. The van der Waals surface area contributed by atoms with Crippen LogP contribution >= 0.6 is 24.8 Å². The summed E-state index contributed by atoms with van der Waals surface area (Å²) in [6.07, 6.45) is 0.981. The molecule has 1 heterocycles. The maximum atomic E-state index is 4.17. The van der Waals surface area contributed by atoms with Gasteiger partial charge in [0, 0.05) is 18.3 Å². The Morgan fingerprint density at radius 2 is 1.34 bits per heavy atom. The third-order valence-corrected chi connectivity index (χ3v) is 6.82. The molecule has 0 saturated carbocycles. The second-order valence-corrected chi connectivity index (χ2v) is 8.95. The normalized spacial score (nSPS) is 10.9. The number of aryl methyl sites for hydroxylation is 1. The molecule has 1 aromatic heterocycles. The van der Waals surface area contributed by atoms with E-state index in [9.17, 15) is 0 Å². The van der Waals surface area contributed by atoms with Crippen molar-refractivity contribution in [1.29, 1.82) is 0 Å². The van der Waals surface area contributed by atoms with E-state index in [0.29, 0.717) is 0 Å². The van der Waals surface area contributed by atoms with Crippen molar-refractivity contribution >= 4 is 57.2 Å². The zero-order chi connectivity index (χ0) is 22.9. The Balaban J connectivity index is 0.000000180. The topological polar surface area (TPSA) is 4.93 Å². The van der Waals surface area contributed by atoms with Gasteiger partial charge in [-0.3, -0.25) is 0 Å². The molecule has 5 aromatic carbocycles. The molecule has 35 heavy (non-hydrogen) atoms. The van der Waals surface area contributed by atoms with Crippen LogP contribution in [0.4, 0.5) is 0 Å². The average molecular weight is 657 g/mol. The molecule has 7 rings (SSSR count). The summed E-state index contributed by atoms with van der Waals surface area (Å²) in [6, 6.07) is 35.6. The van der Waals surface area contributed by atoms with Gasteiger partial charge in [0.2, 0.25) is 0 Å². The summed E-state index contributed by atoms with van der Waals surface area (Å²) in [4.78, 5) is 0. The predicted octanol–water partition coefficient (Wildman–Crippen LogP) is 2.68. The van der Waals surface area contributed by atoms with Crippen LogP contribution in [0.5, 0.6) is 0 Å². The van der Waals surface area contributed by atoms with Crippen molar-refractivity contribution in [3.63, 3.8) is 0 Å². The molecule has 0 atom stereocenters. The monoisotopic (exact) mass is 653 g/mol. The van der Waals surface area contributed by atoms with Crippen molar-refractivity contribution in [3.8, 4) is 11.1 Å². The van der Waals surface area contributed by atoms with Gasteiger partial charge in [0.25, 0.3) is 0 Å². The minimum Gasteiger partial charge on any atom is -0.126 e. The van der Waals surface area contributed by atoms with E-state index in [1.54, 1.807) is 0 Å². The molecule has 0 bridgehead atoms. The van der Waals surface area contributed by atoms with Crippen LogP contribution in [0.25, 0.3) is 43.6 Å². The Morgan fingerprint density at radius 3 is 1.97 bits per heavy atom. The first kappa shape index (κ1) is 28.0. The number of aromatic nitrogens is 1. The Hall–Kier alpha value is -1.55. The zero-order valence-corrected chi connectivity index (χ0v) is 25.2. The molecule has 0 unspecified atom stereocenters. The van der Waals surface area contributed by atoms with Gasteiger partial charge < -0.3 is 29.4 Å². The van der Waals surface area contributed by atoms with E-state index in [-0.39, 0.29) is 24.8 Å². The van der Waals surface area contributed by atoms with Crippen LogP contribution in [0.15, 0.2) is 95.5 Å². The van der Waals surface area contributed by atoms with Gasteiger partial charge in [-0.2, -0.15) is 18.2 Å². The van der Waals surface area contributed by atoms with Crippen molar-refractivity contribution in [2.24, 2.45) is 7.05 Å². The summed E-state index contributed by atoms with van der Waals surface area (Å²) < 4.78 is 3.35. The second-order valence-electron chi connectivity index (χ2n) is 8.09. The third-order valence-electron chi connectivity index (χ3n) is 6.36. The van der Waals surface area contributed by atoms with E-state index in [1.807, 2.05) is 0 Å². The van der Waals surface area contributed by atoms with Crippen LogP contribution < -0.4 is 24.8 Å². The van der Waals surface area contributed by atoms with Gasteiger partial charge in [0.15, 0.2) is 0 Å². The standard InChI is InChI=1S/C16H11BrN.C13H9.2ClH.S.Zr/c1-18-14-5-3-2-4-13(14)16-12-7-6-11(17)8-10(12)9-15(16)18;1-3-7-12-10(5-1)9-11-6-2-4-8-13(11)12;;;;/h2-7H,9H2,1H3;1-9H;2*1H;;/q2*-1;;;;+2/p-2. The van der Waals surface area contributed by atoms with Crippen LogP contribution in [-0.4, -0.2) is 4.57 Å². The number of hydrogen-bond acceptors (Lipinski definition) is 1. The van der Waals surface area contributed by atoms with Gasteiger partial charge in [-0.05, 0) is 23.4 Å². The molecule has 0 N–H and O–H groups in total. The molecule has 0 amide bonds. The molecule has 0 fully saturated rings. The third kappa shape index (κ3) is 5.15. The van der Waals surface area contributed by atoms with Gasteiger partial charge >= 0.3 is 31.5 Å². The van der Waals surface area contributed by atoms with Crippen LogP contribution in [-0.2, 0) is 36.1 Å². The van der Waals surface area contributed by atoms with Crippen LogP contribution in [0.2, 0.25) is 0 Å². The fourth-order valence-corrected chi connectivity index (χ4v) is 5.28. The average Bonchev–Trinajstić information content (AvgIpc) is 3.51. The van der Waals surface area contributed by atoms with Crippen molar-refractivity contribution < 1.29 is 47.5 Å². The number of hydrogen-bond donors (Lipinski definition) is 0. The van der Waals surface area contributed by atoms with E-state index < -0.39 is 0 Å². The van der Waals surface area contributed by atoms with E-state index in [2.05, 4.69) is 133 Å². The Kier molecular flexibility index (Phi) is 9.71. The fraction of sp³-hybridized carbons (Fsp3) is 0.0690. The smallest absolute Gasteiger partial charge is 0.0771 e. The number of rotatable bonds is 0. The molecule has 0 saturated heterocycles. The first-order valence-corrected chi connectivity index (χ1v) is 14.9. The van der Waals surface area contributed by atoms with E-state index >= 15 is 0 Å². The van der Waals surface area contributed by atoms with Gasteiger partial charge in [0.05, 0.1) is 0 Å². The van der Waals surface area contributed by atoms with E-state index in [0.717, 1.165) is 33.6 Å². The molecule has 1 aliphatic rings. The molecule has 6 aromatic rings. The van der Waals surface area contributed by atoms with E-state index in [1.165, 1.54) is 54.8 Å². The molecule has 174 valence electrons. The fourth-order valence-electron chi connectivity index (χ4n) is 4.91. The maximum Gasteiger partial charge on any atom is -0.0771 e. The molecule has 0 spiro atoms. The van der Waals surface area contributed by atoms with Crippen LogP contribution in [0.1, 0.15) is 11.3 Å². The first-order valence-electron chi connectivity index (χ1n) is 10.7. The van der Waals surface area contributed by atoms with Crippen molar-refractivity contribution in [3.05, 3.63) is 113 Å². The van der Waals surface area contributed by atoms with Crippen LogP contribution in [0, 0.1) is 6.07 Å². The molecule has 6 heteroatoms. The molecular weight excluding hydrogens is 636 g/mol. The van der Waals surface area contributed by atoms with Crippen LogP contribution in [0.3, 0.4) is 0 Å². The maximum absolute atomic E-state index is 4.17. The number of nitrogens with zero attached hydrogens (tertiary/aromatic N) is 1. The largest absolute Gasteiger partial charge is 0.126 e. The Bertz CT molecular complexity index is 1570. The Labute approximate surface area is 244 Å². The van der Waals surface area contributed by atoms with Gasteiger partial charge in [-0.15, -0.1) is 50.9 Å². The van der Waals surface area contributed by atoms with Gasteiger partial charge in [0.1, 0.15) is 0 Å². The first-order chi connectivity index (χ1) is 16.2. The minimum atomic E-state index is 0. The second kappa shape index (κ2) is 12.1. The SMILES string of the molecule is Cn1c2c(c3ccccc31)-c1ccc(Br)[c-]c1C2.[Cl-].[Cl-].[S]=[Zr+2].c1ccc2c(c1)[cH-]c1ccccc12. The summed E-state index contributed by atoms with van der Waals surface area (Å²) in [7, 11) is 6.33. The predicted molar refractivity (Wildman–Crippen MR) is 142 cm³/mol. The summed E-state index contributed by atoms with van der Waals surface area (Å²) in [5.74, 6) is 0. The Morgan fingerprint density at radius 1 is 0.800 bits per heavy atom. The van der Waals surface area contributed by atoms with Crippen molar-refractivity contribution in [2.75, 3.05) is 0 Å². The van der Waals surface area contributed by atoms with Crippen molar-refractivity contribution in [2.45, 2.75) is 6.42 Å². The minimum absolute atomic E-state index is 0. The zero-order valence-electron chi connectivity index (χ0n) is 18.9. The summed E-state index contributed by atoms with van der Waals surface area (Å²) in [6.45, 7) is 0. The quantitative estimate of drug-likeness (QED) is 0.228. The number of fused-ring (bicyclic) bond motifs is 8. The summed E-state index contributed by atoms with van der Waals surface area (Å²) in [5.41, 5.74) is 6.75. The molecule has 1 nitrogen and oxygen atoms in total. The summed E-state index contributed by atoms with van der Waals surface area (Å²) >= 11 is 4.64. The molecule has 0 radical (unpaired) electrons. The summed E-state index contributed by atoms with van der Waals surface area (Å²) in [5, 5.41) is 6.74. The van der Waals surface area contributed by atoms with Gasteiger partial charge in [-0.1, -0.05) is 75.0 Å². The van der Waals surface area contributed by atoms with Gasteiger partial charge in [-0.25, -0.2) is 0 Å². The molecule has 1 aliphatic carbocycles.